The summed E-state index contributed by atoms with van der Waals surface area (Å²) in [7, 11) is 1.63. The third-order valence-corrected chi connectivity index (χ3v) is 6.49. The molecule has 0 saturated carbocycles. The summed E-state index contributed by atoms with van der Waals surface area (Å²) in [5.74, 6) is 1.25. The molecule has 2 fully saturated rings. The van der Waals surface area contributed by atoms with E-state index in [0.29, 0.717) is 49.4 Å². The van der Waals surface area contributed by atoms with E-state index in [1.807, 2.05) is 47.4 Å². The van der Waals surface area contributed by atoms with Crippen LogP contribution < -0.4 is 9.47 Å². The fourth-order valence-electron chi connectivity index (χ4n) is 4.08. The van der Waals surface area contributed by atoms with Gasteiger partial charge in [-0.15, -0.1) is 0 Å². The smallest absolute Gasteiger partial charge is 0.246 e. The number of amides is 1. The highest BCUT2D eigenvalue weighted by Gasteiger charge is 2.34. The molecule has 2 saturated heterocycles. The highest BCUT2D eigenvalue weighted by Crippen LogP contribution is 2.33. The third kappa shape index (κ3) is 6.32. The summed E-state index contributed by atoms with van der Waals surface area (Å²) in [6.07, 6.45) is 5.36. The molecular weight excluding hydrogens is 454 g/mol. The largest absolute Gasteiger partial charge is 0.493 e. The lowest BCUT2D eigenvalue weighted by atomic mass is 9.90. The SMILES string of the molecule is COc1ccc(CN(CC2CCCO2)C(=O)C=Cc2ccccc2Cl)cc1OCC1(C)COC1. The van der Waals surface area contributed by atoms with Crippen molar-refractivity contribution in [1.29, 1.82) is 0 Å². The number of methoxy groups -OCH3 is 1. The van der Waals surface area contributed by atoms with E-state index in [2.05, 4.69) is 6.92 Å². The first-order valence-corrected chi connectivity index (χ1v) is 12.0. The van der Waals surface area contributed by atoms with Crippen molar-refractivity contribution >= 4 is 23.6 Å². The van der Waals surface area contributed by atoms with Crippen LogP contribution in [-0.4, -0.2) is 57.0 Å². The Balaban J connectivity index is 1.50. The molecule has 0 radical (unpaired) electrons. The topological polar surface area (TPSA) is 57.2 Å². The number of hydrogen-bond donors (Lipinski definition) is 0. The summed E-state index contributed by atoms with van der Waals surface area (Å²) in [5, 5.41) is 0.611. The van der Waals surface area contributed by atoms with E-state index in [0.717, 1.165) is 30.6 Å². The lowest BCUT2D eigenvalue weighted by molar-refractivity contribution is -0.128. The zero-order chi connectivity index (χ0) is 24.0. The van der Waals surface area contributed by atoms with Gasteiger partial charge in [-0.25, -0.2) is 0 Å². The van der Waals surface area contributed by atoms with Gasteiger partial charge in [-0.2, -0.15) is 0 Å². The summed E-state index contributed by atoms with van der Waals surface area (Å²) in [5.41, 5.74) is 1.79. The Kier molecular flexibility index (Phi) is 8.14. The monoisotopic (exact) mass is 485 g/mol. The van der Waals surface area contributed by atoms with Crippen LogP contribution in [0.25, 0.3) is 6.08 Å². The van der Waals surface area contributed by atoms with E-state index in [1.165, 1.54) is 0 Å². The van der Waals surface area contributed by atoms with Gasteiger partial charge in [0.1, 0.15) is 0 Å². The first-order chi connectivity index (χ1) is 16.5. The molecule has 0 spiro atoms. The normalized spacial score (nSPS) is 19.1. The number of halogens is 1. The van der Waals surface area contributed by atoms with Crippen molar-refractivity contribution in [3.8, 4) is 11.5 Å². The second-order valence-corrected chi connectivity index (χ2v) is 9.69. The molecule has 4 rings (SSSR count). The van der Waals surface area contributed by atoms with Gasteiger partial charge < -0.3 is 23.8 Å². The molecule has 1 atom stereocenters. The molecule has 2 aromatic carbocycles. The van der Waals surface area contributed by atoms with E-state index in [9.17, 15) is 4.79 Å². The molecular formula is C27H32ClNO5. The van der Waals surface area contributed by atoms with Crippen molar-refractivity contribution in [2.45, 2.75) is 32.4 Å². The lowest BCUT2D eigenvalue weighted by Gasteiger charge is -2.37. The molecule has 6 nitrogen and oxygen atoms in total. The number of carbonyl (C=O) groups excluding carboxylic acids is 1. The van der Waals surface area contributed by atoms with Crippen LogP contribution in [0.3, 0.4) is 0 Å². The molecule has 0 N–H and O–H groups in total. The summed E-state index contributed by atoms with van der Waals surface area (Å²) < 4.78 is 22.7. The van der Waals surface area contributed by atoms with Gasteiger partial charge in [0.2, 0.25) is 5.91 Å². The Hall–Kier alpha value is -2.54. The standard InChI is InChI=1S/C27H32ClNO5/c1-27(17-32-18-27)19-34-25-14-20(9-11-24(25)31-2)15-29(16-22-7-5-13-33-22)26(30)12-10-21-6-3-4-8-23(21)28/h3-4,6,8-12,14,22H,5,7,13,15-19H2,1-2H3. The zero-order valence-electron chi connectivity index (χ0n) is 19.8. The second-order valence-electron chi connectivity index (χ2n) is 9.29. The van der Waals surface area contributed by atoms with Crippen LogP contribution in [-0.2, 0) is 20.8 Å². The second kappa shape index (κ2) is 11.3. The van der Waals surface area contributed by atoms with E-state index in [4.69, 9.17) is 30.5 Å². The quantitative estimate of drug-likeness (QED) is 0.444. The lowest BCUT2D eigenvalue weighted by Crippen LogP contribution is -2.44. The first-order valence-electron chi connectivity index (χ1n) is 11.7. The fraction of sp³-hybridized carbons (Fsp3) is 0.444. The Morgan fingerprint density at radius 3 is 2.74 bits per heavy atom. The predicted octanol–water partition coefficient (Wildman–Crippen LogP) is 4.98. The van der Waals surface area contributed by atoms with Crippen LogP contribution in [0.2, 0.25) is 5.02 Å². The zero-order valence-corrected chi connectivity index (χ0v) is 20.6. The number of benzene rings is 2. The average Bonchev–Trinajstić information content (AvgIpc) is 3.33. The maximum atomic E-state index is 13.2. The maximum Gasteiger partial charge on any atom is 0.246 e. The number of rotatable bonds is 10. The molecule has 0 aromatic heterocycles. The van der Waals surface area contributed by atoms with E-state index in [1.54, 1.807) is 19.3 Å². The van der Waals surface area contributed by atoms with Gasteiger partial charge >= 0.3 is 0 Å². The molecule has 34 heavy (non-hydrogen) atoms. The summed E-state index contributed by atoms with van der Waals surface area (Å²) in [6, 6.07) is 13.3. The van der Waals surface area contributed by atoms with Gasteiger partial charge in [0.05, 0.1) is 33.0 Å². The summed E-state index contributed by atoms with van der Waals surface area (Å²) in [6.45, 7) is 5.78. The minimum Gasteiger partial charge on any atom is -0.493 e. The Bertz CT molecular complexity index is 1010. The molecule has 2 aliphatic heterocycles. The van der Waals surface area contributed by atoms with Crippen molar-refractivity contribution < 1.29 is 23.7 Å². The predicted molar refractivity (Wildman–Crippen MR) is 132 cm³/mol. The van der Waals surface area contributed by atoms with Crippen LogP contribution in [0.1, 0.15) is 30.9 Å². The van der Waals surface area contributed by atoms with Crippen LogP contribution in [0.5, 0.6) is 11.5 Å². The van der Waals surface area contributed by atoms with Crippen LogP contribution >= 0.6 is 11.6 Å². The molecule has 7 heteroatoms. The average molecular weight is 486 g/mol. The van der Waals surface area contributed by atoms with Crippen molar-refractivity contribution in [3.05, 3.63) is 64.7 Å². The summed E-state index contributed by atoms with van der Waals surface area (Å²) in [4.78, 5) is 15.0. The van der Waals surface area contributed by atoms with Crippen molar-refractivity contribution in [1.82, 2.24) is 4.90 Å². The number of nitrogens with zero attached hydrogens (tertiary/aromatic N) is 1. The van der Waals surface area contributed by atoms with Crippen LogP contribution in [0.15, 0.2) is 48.5 Å². The fourth-order valence-corrected chi connectivity index (χ4v) is 4.28. The van der Waals surface area contributed by atoms with Crippen molar-refractivity contribution in [2.24, 2.45) is 5.41 Å². The van der Waals surface area contributed by atoms with Gasteiger partial charge in [0, 0.05) is 36.2 Å². The molecule has 0 bridgehead atoms. The van der Waals surface area contributed by atoms with Gasteiger partial charge in [-0.1, -0.05) is 42.8 Å². The molecule has 2 aromatic rings. The Morgan fingerprint density at radius 1 is 1.24 bits per heavy atom. The van der Waals surface area contributed by atoms with Gasteiger partial charge in [0.25, 0.3) is 0 Å². The Labute approximate surface area is 206 Å². The molecule has 2 heterocycles. The van der Waals surface area contributed by atoms with Crippen LogP contribution in [0, 0.1) is 5.41 Å². The van der Waals surface area contributed by atoms with E-state index in [-0.39, 0.29) is 17.4 Å². The first kappa shape index (κ1) is 24.6. The number of hydrogen-bond acceptors (Lipinski definition) is 5. The minimum absolute atomic E-state index is 0.0202. The van der Waals surface area contributed by atoms with Gasteiger partial charge in [0.15, 0.2) is 11.5 Å². The molecule has 1 unspecified atom stereocenters. The highest BCUT2D eigenvalue weighted by atomic mass is 35.5. The molecule has 182 valence electrons. The third-order valence-electron chi connectivity index (χ3n) is 6.15. The number of ether oxygens (including phenoxy) is 4. The van der Waals surface area contributed by atoms with E-state index < -0.39 is 0 Å². The van der Waals surface area contributed by atoms with Crippen LogP contribution in [0.4, 0.5) is 0 Å². The maximum absolute atomic E-state index is 13.2. The van der Waals surface area contributed by atoms with Crippen molar-refractivity contribution in [2.75, 3.05) is 40.1 Å². The Morgan fingerprint density at radius 2 is 2.06 bits per heavy atom. The molecule has 1 amide bonds. The highest BCUT2D eigenvalue weighted by molar-refractivity contribution is 6.32. The van der Waals surface area contributed by atoms with E-state index >= 15 is 0 Å². The van der Waals surface area contributed by atoms with Gasteiger partial charge in [-0.05, 0) is 48.2 Å². The van der Waals surface area contributed by atoms with Gasteiger partial charge in [-0.3, -0.25) is 4.79 Å². The molecule has 2 aliphatic rings. The summed E-state index contributed by atoms with van der Waals surface area (Å²) >= 11 is 6.25. The molecule has 0 aliphatic carbocycles. The van der Waals surface area contributed by atoms with Crippen molar-refractivity contribution in [3.63, 3.8) is 0 Å². The number of carbonyl (C=O) groups is 1. The minimum atomic E-state index is -0.0900.